The molecular weight excluding hydrogens is 404 g/mol. The molecule has 134 valence electrons. The first-order valence-corrected chi connectivity index (χ1v) is 9.42. The first-order chi connectivity index (χ1) is 12.0. The highest BCUT2D eigenvalue weighted by Gasteiger charge is 2.13. The van der Waals surface area contributed by atoms with Gasteiger partial charge in [0.1, 0.15) is 12.4 Å². The minimum atomic E-state index is -0.266. The average molecular weight is 426 g/mol. The van der Waals surface area contributed by atoms with E-state index in [4.69, 9.17) is 16.3 Å². The maximum atomic E-state index is 12.5. The number of nitrogens with zero attached hydrogens (tertiary/aromatic N) is 1. The average Bonchev–Trinajstić information content (AvgIpc) is 2.60. The van der Waals surface area contributed by atoms with E-state index >= 15 is 0 Å². The molecule has 6 heteroatoms. The van der Waals surface area contributed by atoms with Gasteiger partial charge < -0.3 is 15.0 Å². The lowest BCUT2D eigenvalue weighted by Crippen LogP contribution is -2.28. The Morgan fingerprint density at radius 1 is 1.20 bits per heavy atom. The monoisotopic (exact) mass is 424 g/mol. The van der Waals surface area contributed by atoms with Gasteiger partial charge in [-0.1, -0.05) is 53.5 Å². The van der Waals surface area contributed by atoms with Crippen LogP contribution in [0.1, 0.15) is 24.2 Å². The second kappa shape index (κ2) is 9.80. The molecule has 0 fully saturated rings. The van der Waals surface area contributed by atoms with E-state index in [9.17, 15) is 4.79 Å². The molecule has 0 aliphatic heterocycles. The molecular formula is C19H22BrClN2O2. The highest BCUT2D eigenvalue weighted by molar-refractivity contribution is 9.10. The minimum Gasteiger partial charge on any atom is -0.490 e. The number of nitrogens with one attached hydrogen (secondary N) is 1. The summed E-state index contributed by atoms with van der Waals surface area (Å²) >= 11 is 9.49. The minimum absolute atomic E-state index is 0.266. The van der Waals surface area contributed by atoms with Crippen LogP contribution in [0.15, 0.2) is 46.9 Å². The van der Waals surface area contributed by atoms with Crippen molar-refractivity contribution in [3.05, 3.63) is 57.5 Å². The second-order valence-corrected chi connectivity index (χ2v) is 6.77. The number of rotatable bonds is 8. The summed E-state index contributed by atoms with van der Waals surface area (Å²) in [4.78, 5) is 14.8. The molecule has 0 spiro atoms. The first kappa shape index (κ1) is 19.8. The Labute approximate surface area is 162 Å². The van der Waals surface area contributed by atoms with E-state index in [1.54, 1.807) is 18.2 Å². The molecule has 0 aliphatic rings. The molecule has 0 saturated carbocycles. The quantitative estimate of drug-likeness (QED) is 0.641. The van der Waals surface area contributed by atoms with Crippen LogP contribution in [0.25, 0.3) is 0 Å². The van der Waals surface area contributed by atoms with Crippen molar-refractivity contribution in [1.82, 2.24) is 4.90 Å². The SMILES string of the molecule is CCN(CC)CCOc1ccccc1NC(=O)c1ccc(Br)cc1Cl. The number of anilines is 1. The Balaban J connectivity index is 2.05. The second-order valence-electron chi connectivity index (χ2n) is 5.45. The molecule has 1 N–H and O–H groups in total. The van der Waals surface area contributed by atoms with E-state index in [1.165, 1.54) is 0 Å². The maximum Gasteiger partial charge on any atom is 0.257 e. The van der Waals surface area contributed by atoms with Crippen molar-refractivity contribution < 1.29 is 9.53 Å². The van der Waals surface area contributed by atoms with Crippen LogP contribution in [0.3, 0.4) is 0 Å². The Kier molecular flexibility index (Phi) is 7.75. The van der Waals surface area contributed by atoms with Gasteiger partial charge in [0.05, 0.1) is 16.3 Å². The maximum absolute atomic E-state index is 12.5. The third-order valence-electron chi connectivity index (χ3n) is 3.87. The number of carbonyl (C=O) groups excluding carboxylic acids is 1. The fourth-order valence-corrected chi connectivity index (χ4v) is 3.14. The van der Waals surface area contributed by atoms with Gasteiger partial charge in [-0.05, 0) is 43.4 Å². The van der Waals surface area contributed by atoms with Crippen molar-refractivity contribution >= 4 is 39.1 Å². The molecule has 4 nitrogen and oxygen atoms in total. The van der Waals surface area contributed by atoms with Gasteiger partial charge in [0.2, 0.25) is 0 Å². The summed E-state index contributed by atoms with van der Waals surface area (Å²) in [5.41, 5.74) is 1.05. The molecule has 25 heavy (non-hydrogen) atoms. The van der Waals surface area contributed by atoms with Gasteiger partial charge in [-0.25, -0.2) is 0 Å². The van der Waals surface area contributed by atoms with Gasteiger partial charge in [0, 0.05) is 11.0 Å². The Bertz CT molecular complexity index is 720. The van der Waals surface area contributed by atoms with Crippen molar-refractivity contribution in [1.29, 1.82) is 0 Å². The Morgan fingerprint density at radius 3 is 2.60 bits per heavy atom. The molecule has 0 unspecified atom stereocenters. The van der Waals surface area contributed by atoms with Crippen molar-refractivity contribution in [2.45, 2.75) is 13.8 Å². The summed E-state index contributed by atoms with van der Waals surface area (Å²) in [6.45, 7) is 7.63. The van der Waals surface area contributed by atoms with Gasteiger partial charge in [-0.2, -0.15) is 0 Å². The van der Waals surface area contributed by atoms with Crippen LogP contribution < -0.4 is 10.1 Å². The third-order valence-corrected chi connectivity index (χ3v) is 4.68. The van der Waals surface area contributed by atoms with Gasteiger partial charge >= 0.3 is 0 Å². The van der Waals surface area contributed by atoms with E-state index in [1.807, 2.05) is 24.3 Å². The molecule has 0 saturated heterocycles. The van der Waals surface area contributed by atoms with Crippen LogP contribution in [0.2, 0.25) is 5.02 Å². The van der Waals surface area contributed by atoms with E-state index in [0.29, 0.717) is 28.6 Å². The lowest BCUT2D eigenvalue weighted by atomic mass is 10.2. The molecule has 0 aliphatic carbocycles. The van der Waals surface area contributed by atoms with Crippen LogP contribution in [-0.4, -0.2) is 37.0 Å². The van der Waals surface area contributed by atoms with Crippen LogP contribution in [0.5, 0.6) is 5.75 Å². The smallest absolute Gasteiger partial charge is 0.257 e. The molecule has 0 atom stereocenters. The molecule has 0 heterocycles. The Hall–Kier alpha value is -1.56. The standard InChI is InChI=1S/C19H22BrClN2O2/c1-3-23(4-2)11-12-25-18-8-6-5-7-17(18)22-19(24)15-10-9-14(20)13-16(15)21/h5-10,13H,3-4,11-12H2,1-2H3,(H,22,24). The van der Waals surface area contributed by atoms with Gasteiger partial charge in [0.25, 0.3) is 5.91 Å². The number of ether oxygens (including phenoxy) is 1. The molecule has 0 radical (unpaired) electrons. The van der Waals surface area contributed by atoms with E-state index in [2.05, 4.69) is 40.0 Å². The van der Waals surface area contributed by atoms with Crippen LogP contribution in [-0.2, 0) is 0 Å². The number of carbonyl (C=O) groups is 1. The molecule has 2 rings (SSSR count). The molecule has 2 aromatic carbocycles. The van der Waals surface area contributed by atoms with Crippen LogP contribution >= 0.6 is 27.5 Å². The van der Waals surface area contributed by atoms with Crippen molar-refractivity contribution in [2.75, 3.05) is 31.6 Å². The summed E-state index contributed by atoms with van der Waals surface area (Å²) in [6.07, 6.45) is 0. The fraction of sp³-hybridized carbons (Fsp3) is 0.316. The van der Waals surface area contributed by atoms with Gasteiger partial charge in [-0.15, -0.1) is 0 Å². The fourth-order valence-electron chi connectivity index (χ4n) is 2.38. The predicted molar refractivity (Wildman–Crippen MR) is 107 cm³/mol. The normalized spacial score (nSPS) is 10.8. The molecule has 2 aromatic rings. The molecule has 1 amide bonds. The van der Waals surface area contributed by atoms with Gasteiger partial charge in [0.15, 0.2) is 0 Å². The molecule has 0 bridgehead atoms. The predicted octanol–water partition coefficient (Wildman–Crippen LogP) is 5.08. The van der Waals surface area contributed by atoms with Crippen molar-refractivity contribution in [3.8, 4) is 5.75 Å². The van der Waals surface area contributed by atoms with Crippen molar-refractivity contribution in [2.24, 2.45) is 0 Å². The van der Waals surface area contributed by atoms with Crippen LogP contribution in [0, 0.1) is 0 Å². The van der Waals surface area contributed by atoms with E-state index < -0.39 is 0 Å². The van der Waals surface area contributed by atoms with Crippen molar-refractivity contribution in [3.63, 3.8) is 0 Å². The van der Waals surface area contributed by atoms with E-state index in [-0.39, 0.29) is 5.91 Å². The zero-order chi connectivity index (χ0) is 18.2. The summed E-state index contributed by atoms with van der Waals surface area (Å²) < 4.78 is 6.69. The lowest BCUT2D eigenvalue weighted by molar-refractivity contribution is 0.102. The van der Waals surface area contributed by atoms with E-state index in [0.717, 1.165) is 24.1 Å². The number of likely N-dealkylation sites (N-methyl/N-ethyl adjacent to an activating group) is 1. The molecule has 0 aromatic heterocycles. The highest BCUT2D eigenvalue weighted by Crippen LogP contribution is 2.26. The first-order valence-electron chi connectivity index (χ1n) is 8.25. The summed E-state index contributed by atoms with van der Waals surface area (Å²) in [7, 11) is 0. The zero-order valence-electron chi connectivity index (χ0n) is 14.4. The van der Waals surface area contributed by atoms with Crippen LogP contribution in [0.4, 0.5) is 5.69 Å². The highest BCUT2D eigenvalue weighted by atomic mass is 79.9. The Morgan fingerprint density at radius 2 is 1.92 bits per heavy atom. The summed E-state index contributed by atoms with van der Waals surface area (Å²) in [5, 5.41) is 3.27. The largest absolute Gasteiger partial charge is 0.490 e. The summed E-state index contributed by atoms with van der Waals surface area (Å²) in [5.74, 6) is 0.383. The summed E-state index contributed by atoms with van der Waals surface area (Å²) in [6, 6.07) is 12.6. The zero-order valence-corrected chi connectivity index (χ0v) is 16.7. The lowest BCUT2D eigenvalue weighted by Gasteiger charge is -2.19. The topological polar surface area (TPSA) is 41.6 Å². The number of amides is 1. The number of hydrogen-bond acceptors (Lipinski definition) is 3. The number of hydrogen-bond donors (Lipinski definition) is 1. The number of halogens is 2. The number of para-hydroxylation sites is 2. The third kappa shape index (κ3) is 5.73. The van der Waals surface area contributed by atoms with Gasteiger partial charge in [-0.3, -0.25) is 4.79 Å². The number of benzene rings is 2.